The van der Waals surface area contributed by atoms with E-state index < -0.39 is 5.41 Å². The number of aryl methyl sites for hydroxylation is 2. The normalized spacial score (nSPS) is 11.6. The van der Waals surface area contributed by atoms with Crippen LogP contribution in [0.4, 0.5) is 0 Å². The summed E-state index contributed by atoms with van der Waals surface area (Å²) in [7, 11) is 0. The number of rotatable bonds is 4. The Labute approximate surface area is 95.4 Å². The Morgan fingerprint density at radius 2 is 2.12 bits per heavy atom. The highest BCUT2D eigenvalue weighted by Gasteiger charge is 2.25. The zero-order valence-electron chi connectivity index (χ0n) is 10.3. The maximum absolute atomic E-state index is 11.7. The van der Waals surface area contributed by atoms with Crippen molar-refractivity contribution in [3.8, 4) is 0 Å². The van der Waals surface area contributed by atoms with Crippen molar-refractivity contribution in [1.82, 2.24) is 10.3 Å². The summed E-state index contributed by atoms with van der Waals surface area (Å²) in [6.45, 7) is 7.92. The molecule has 0 atom stereocenters. The number of aromatic nitrogens is 1. The third-order valence-corrected chi connectivity index (χ3v) is 2.60. The monoisotopic (exact) mass is 225 g/mol. The van der Waals surface area contributed by atoms with Gasteiger partial charge in [-0.25, -0.2) is 4.98 Å². The second kappa shape index (κ2) is 4.65. The molecule has 1 heterocycles. The zero-order chi connectivity index (χ0) is 12.3. The molecule has 0 aliphatic heterocycles. The van der Waals surface area contributed by atoms with Crippen LogP contribution in [0.2, 0.25) is 0 Å². The van der Waals surface area contributed by atoms with Gasteiger partial charge in [-0.1, -0.05) is 0 Å². The summed E-state index contributed by atoms with van der Waals surface area (Å²) >= 11 is 0. The molecular weight excluding hydrogens is 206 g/mol. The molecule has 0 radical (unpaired) electrons. The van der Waals surface area contributed by atoms with Crippen LogP contribution in [0.25, 0.3) is 0 Å². The van der Waals surface area contributed by atoms with E-state index >= 15 is 0 Å². The van der Waals surface area contributed by atoms with Crippen LogP contribution in [0.15, 0.2) is 4.42 Å². The van der Waals surface area contributed by atoms with Gasteiger partial charge in [-0.3, -0.25) is 4.79 Å². The van der Waals surface area contributed by atoms with Crippen molar-refractivity contribution < 1.29 is 9.21 Å². The molecule has 5 nitrogen and oxygen atoms in total. The maximum atomic E-state index is 11.7. The van der Waals surface area contributed by atoms with E-state index in [0.717, 1.165) is 11.5 Å². The van der Waals surface area contributed by atoms with Crippen LogP contribution in [0.1, 0.15) is 31.2 Å². The third kappa shape index (κ3) is 2.82. The first kappa shape index (κ1) is 12.7. The molecule has 0 aliphatic rings. The molecule has 0 aliphatic carbocycles. The Morgan fingerprint density at radius 1 is 1.50 bits per heavy atom. The molecule has 0 unspecified atom stereocenters. The zero-order valence-corrected chi connectivity index (χ0v) is 10.3. The Bertz CT molecular complexity index is 363. The minimum Gasteiger partial charge on any atom is -0.444 e. The number of nitrogens with one attached hydrogen (secondary N) is 1. The van der Waals surface area contributed by atoms with Gasteiger partial charge in [0.1, 0.15) is 5.76 Å². The molecule has 1 rings (SSSR count). The van der Waals surface area contributed by atoms with E-state index in [1.54, 1.807) is 13.8 Å². The van der Waals surface area contributed by atoms with Crippen molar-refractivity contribution in [2.45, 2.75) is 34.2 Å². The van der Waals surface area contributed by atoms with Crippen LogP contribution in [0.5, 0.6) is 0 Å². The lowest BCUT2D eigenvalue weighted by atomic mass is 9.93. The van der Waals surface area contributed by atoms with Gasteiger partial charge in [0.05, 0.1) is 17.7 Å². The van der Waals surface area contributed by atoms with Crippen molar-refractivity contribution in [2.24, 2.45) is 11.1 Å². The van der Waals surface area contributed by atoms with E-state index in [9.17, 15) is 4.79 Å². The molecule has 1 aromatic heterocycles. The fourth-order valence-corrected chi connectivity index (χ4v) is 1.10. The topological polar surface area (TPSA) is 81.2 Å². The molecule has 0 saturated carbocycles. The molecule has 16 heavy (non-hydrogen) atoms. The molecular formula is C11H19N3O2. The summed E-state index contributed by atoms with van der Waals surface area (Å²) in [6.07, 6.45) is 0. The van der Waals surface area contributed by atoms with Gasteiger partial charge in [0.15, 0.2) is 0 Å². The van der Waals surface area contributed by atoms with Crippen molar-refractivity contribution in [2.75, 3.05) is 6.54 Å². The maximum Gasteiger partial charge on any atom is 0.227 e. The number of carbonyl (C=O) groups excluding carboxylic acids is 1. The van der Waals surface area contributed by atoms with Crippen LogP contribution in [-0.2, 0) is 11.3 Å². The molecule has 90 valence electrons. The fraction of sp³-hybridized carbons (Fsp3) is 0.636. The van der Waals surface area contributed by atoms with E-state index in [0.29, 0.717) is 19.0 Å². The first-order valence-corrected chi connectivity index (χ1v) is 5.28. The number of carbonyl (C=O) groups is 1. The molecule has 0 fully saturated rings. The van der Waals surface area contributed by atoms with Crippen LogP contribution in [0, 0.1) is 19.3 Å². The van der Waals surface area contributed by atoms with Crippen LogP contribution >= 0.6 is 0 Å². The summed E-state index contributed by atoms with van der Waals surface area (Å²) in [6, 6.07) is 0. The lowest BCUT2D eigenvalue weighted by molar-refractivity contribution is -0.129. The summed E-state index contributed by atoms with van der Waals surface area (Å²) in [5.74, 6) is 1.21. The van der Waals surface area contributed by atoms with E-state index in [2.05, 4.69) is 10.3 Å². The first-order valence-electron chi connectivity index (χ1n) is 5.28. The van der Waals surface area contributed by atoms with Gasteiger partial charge in [0, 0.05) is 6.54 Å². The summed E-state index contributed by atoms with van der Waals surface area (Å²) in [5.41, 5.74) is 5.80. The average Bonchev–Trinajstić information content (AvgIpc) is 2.55. The van der Waals surface area contributed by atoms with Gasteiger partial charge in [-0.2, -0.15) is 0 Å². The van der Waals surface area contributed by atoms with E-state index in [4.69, 9.17) is 10.2 Å². The standard InChI is InChI=1S/C11H19N3O2/c1-7-8(2)16-9(14-7)5-13-10(15)11(3,4)6-12/h5-6,12H2,1-4H3,(H,13,15). The average molecular weight is 225 g/mol. The number of amides is 1. The molecule has 5 heteroatoms. The Kier molecular flexibility index (Phi) is 3.70. The van der Waals surface area contributed by atoms with Crippen LogP contribution in [0.3, 0.4) is 0 Å². The molecule has 3 N–H and O–H groups in total. The molecule has 1 amide bonds. The second-order valence-corrected chi connectivity index (χ2v) is 4.52. The van der Waals surface area contributed by atoms with E-state index in [-0.39, 0.29) is 5.91 Å². The highest BCUT2D eigenvalue weighted by molar-refractivity contribution is 5.81. The Balaban J connectivity index is 2.55. The molecule has 0 saturated heterocycles. The van der Waals surface area contributed by atoms with Gasteiger partial charge in [0.2, 0.25) is 11.8 Å². The fourth-order valence-electron chi connectivity index (χ4n) is 1.10. The van der Waals surface area contributed by atoms with E-state index in [1.807, 2.05) is 13.8 Å². The lowest BCUT2D eigenvalue weighted by Crippen LogP contribution is -2.41. The van der Waals surface area contributed by atoms with Gasteiger partial charge in [0.25, 0.3) is 0 Å². The number of nitrogens with two attached hydrogens (primary N) is 1. The highest BCUT2D eigenvalue weighted by Crippen LogP contribution is 2.13. The lowest BCUT2D eigenvalue weighted by Gasteiger charge is -2.20. The highest BCUT2D eigenvalue weighted by atomic mass is 16.4. The minimum atomic E-state index is -0.559. The molecule has 1 aromatic rings. The van der Waals surface area contributed by atoms with Crippen molar-refractivity contribution in [1.29, 1.82) is 0 Å². The van der Waals surface area contributed by atoms with Crippen LogP contribution < -0.4 is 11.1 Å². The second-order valence-electron chi connectivity index (χ2n) is 4.52. The minimum absolute atomic E-state index is 0.0940. The Morgan fingerprint density at radius 3 is 2.56 bits per heavy atom. The number of hydrogen-bond acceptors (Lipinski definition) is 4. The SMILES string of the molecule is Cc1nc(CNC(=O)C(C)(C)CN)oc1C. The molecule has 0 bridgehead atoms. The van der Waals surface area contributed by atoms with Gasteiger partial charge in [-0.05, 0) is 27.7 Å². The number of oxazole rings is 1. The number of hydrogen-bond donors (Lipinski definition) is 2. The van der Waals surface area contributed by atoms with Crippen molar-refractivity contribution >= 4 is 5.91 Å². The largest absolute Gasteiger partial charge is 0.444 e. The van der Waals surface area contributed by atoms with Gasteiger partial charge in [-0.15, -0.1) is 0 Å². The van der Waals surface area contributed by atoms with Gasteiger partial charge >= 0.3 is 0 Å². The van der Waals surface area contributed by atoms with Crippen LogP contribution in [-0.4, -0.2) is 17.4 Å². The predicted octanol–water partition coefficient (Wildman–Crippen LogP) is 0.893. The van der Waals surface area contributed by atoms with Crippen molar-refractivity contribution in [3.05, 3.63) is 17.3 Å². The first-order chi connectivity index (χ1) is 7.36. The predicted molar refractivity (Wildman–Crippen MR) is 60.7 cm³/mol. The smallest absolute Gasteiger partial charge is 0.227 e. The van der Waals surface area contributed by atoms with E-state index in [1.165, 1.54) is 0 Å². The Hall–Kier alpha value is -1.36. The summed E-state index contributed by atoms with van der Waals surface area (Å²) < 4.78 is 5.35. The quantitative estimate of drug-likeness (QED) is 0.797. The molecule has 0 aromatic carbocycles. The molecule has 0 spiro atoms. The number of nitrogens with zero attached hydrogens (tertiary/aromatic N) is 1. The van der Waals surface area contributed by atoms with Gasteiger partial charge < -0.3 is 15.5 Å². The third-order valence-electron chi connectivity index (χ3n) is 2.60. The summed E-state index contributed by atoms with van der Waals surface area (Å²) in [5, 5.41) is 2.76. The summed E-state index contributed by atoms with van der Waals surface area (Å²) in [4.78, 5) is 15.9. The van der Waals surface area contributed by atoms with Crippen molar-refractivity contribution in [3.63, 3.8) is 0 Å².